The maximum Gasteiger partial charge on any atom is 0.573 e. The zero-order valence-electron chi connectivity index (χ0n) is 16.7. The molecule has 8 nitrogen and oxygen atoms in total. The van der Waals surface area contributed by atoms with E-state index in [1.165, 1.54) is 24.5 Å². The Hall–Kier alpha value is -3.08. The van der Waals surface area contributed by atoms with Crippen molar-refractivity contribution in [2.24, 2.45) is 0 Å². The van der Waals surface area contributed by atoms with Crippen LogP contribution in [0.15, 0.2) is 36.7 Å². The number of alkyl halides is 3. The van der Waals surface area contributed by atoms with Crippen molar-refractivity contribution in [2.75, 3.05) is 62.3 Å². The molecule has 2 saturated heterocycles. The van der Waals surface area contributed by atoms with Crippen LogP contribution in [0.5, 0.6) is 5.75 Å². The van der Waals surface area contributed by atoms with Crippen LogP contribution in [0.2, 0.25) is 0 Å². The summed E-state index contributed by atoms with van der Waals surface area (Å²) in [5, 5.41) is 0. The Morgan fingerprint density at radius 1 is 0.935 bits per heavy atom. The van der Waals surface area contributed by atoms with Gasteiger partial charge < -0.3 is 24.2 Å². The van der Waals surface area contributed by atoms with Crippen molar-refractivity contribution >= 4 is 17.5 Å². The Morgan fingerprint density at radius 3 is 2.23 bits per heavy atom. The van der Waals surface area contributed by atoms with Crippen LogP contribution in [0, 0.1) is 0 Å². The third kappa shape index (κ3) is 5.35. The highest BCUT2D eigenvalue weighted by molar-refractivity contribution is 5.94. The minimum Gasteiger partial charge on any atom is -0.406 e. The smallest absolute Gasteiger partial charge is 0.406 e. The minimum absolute atomic E-state index is 0.159. The van der Waals surface area contributed by atoms with Crippen molar-refractivity contribution in [2.45, 2.75) is 6.36 Å². The zero-order valence-corrected chi connectivity index (χ0v) is 16.7. The Bertz CT molecular complexity index is 913. The maximum atomic E-state index is 12.7. The van der Waals surface area contributed by atoms with Gasteiger partial charge in [0.1, 0.15) is 23.7 Å². The molecular formula is C20H22F3N5O3. The summed E-state index contributed by atoms with van der Waals surface area (Å²) >= 11 is 0. The van der Waals surface area contributed by atoms with E-state index < -0.39 is 12.1 Å². The summed E-state index contributed by atoms with van der Waals surface area (Å²) < 4.78 is 46.6. The first-order valence-electron chi connectivity index (χ1n) is 9.94. The highest BCUT2D eigenvalue weighted by Gasteiger charge is 2.31. The summed E-state index contributed by atoms with van der Waals surface area (Å²) in [5.41, 5.74) is 0.159. The van der Waals surface area contributed by atoms with E-state index in [2.05, 4.69) is 24.5 Å². The summed E-state index contributed by atoms with van der Waals surface area (Å²) in [6.07, 6.45) is -3.27. The van der Waals surface area contributed by atoms with E-state index in [1.54, 1.807) is 4.90 Å². The van der Waals surface area contributed by atoms with Gasteiger partial charge in [0.15, 0.2) is 0 Å². The second kappa shape index (κ2) is 8.96. The fourth-order valence-corrected chi connectivity index (χ4v) is 3.62. The number of anilines is 2. The first-order valence-corrected chi connectivity index (χ1v) is 9.94. The molecule has 2 fully saturated rings. The van der Waals surface area contributed by atoms with Crippen LogP contribution in [-0.2, 0) is 4.74 Å². The second-order valence-electron chi connectivity index (χ2n) is 7.19. The fourth-order valence-electron chi connectivity index (χ4n) is 3.62. The molecule has 0 saturated carbocycles. The number of amides is 1. The van der Waals surface area contributed by atoms with Gasteiger partial charge in [-0.05, 0) is 18.2 Å². The number of ether oxygens (including phenoxy) is 2. The van der Waals surface area contributed by atoms with Crippen LogP contribution >= 0.6 is 0 Å². The van der Waals surface area contributed by atoms with Gasteiger partial charge in [0.25, 0.3) is 5.91 Å². The highest BCUT2D eigenvalue weighted by atomic mass is 19.4. The Kier molecular flexibility index (Phi) is 6.12. The van der Waals surface area contributed by atoms with E-state index in [1.807, 2.05) is 6.07 Å². The van der Waals surface area contributed by atoms with E-state index in [0.29, 0.717) is 39.4 Å². The van der Waals surface area contributed by atoms with Crippen molar-refractivity contribution < 1.29 is 27.4 Å². The molecule has 1 aromatic heterocycles. The standard InChI is InChI=1S/C20H22F3N5O3/c21-20(22,23)31-16-3-1-2-15(12-16)19(29)28-6-4-26(5-7-28)17-13-18(25-14-24-17)27-8-10-30-11-9-27/h1-3,12-14H,4-11H2. The van der Waals surface area contributed by atoms with Crippen molar-refractivity contribution in [3.8, 4) is 5.75 Å². The number of aromatic nitrogens is 2. The molecule has 0 spiro atoms. The Morgan fingerprint density at radius 2 is 1.58 bits per heavy atom. The molecule has 166 valence electrons. The van der Waals surface area contributed by atoms with Gasteiger partial charge in [-0.2, -0.15) is 0 Å². The summed E-state index contributed by atoms with van der Waals surface area (Å²) in [5.74, 6) is 0.884. The first-order chi connectivity index (χ1) is 14.9. The Labute approximate surface area is 177 Å². The lowest BCUT2D eigenvalue weighted by Gasteiger charge is -2.36. The molecule has 0 unspecified atom stereocenters. The number of carbonyl (C=O) groups excluding carboxylic acids is 1. The van der Waals surface area contributed by atoms with E-state index >= 15 is 0 Å². The molecule has 0 atom stereocenters. The molecule has 2 aromatic rings. The molecule has 1 amide bonds. The zero-order chi connectivity index (χ0) is 21.8. The van der Waals surface area contributed by atoms with E-state index in [4.69, 9.17) is 4.74 Å². The molecule has 0 N–H and O–H groups in total. The topological polar surface area (TPSA) is 71.0 Å². The van der Waals surface area contributed by atoms with Crippen LogP contribution < -0.4 is 14.5 Å². The number of piperazine rings is 1. The van der Waals surface area contributed by atoms with Crippen LogP contribution in [0.1, 0.15) is 10.4 Å². The predicted octanol–water partition coefficient (Wildman–Crippen LogP) is 2.17. The molecule has 2 aliphatic rings. The van der Waals surface area contributed by atoms with Crippen LogP contribution in [0.4, 0.5) is 24.8 Å². The summed E-state index contributed by atoms with van der Waals surface area (Å²) in [6, 6.07) is 7.07. The SMILES string of the molecule is O=C(c1cccc(OC(F)(F)F)c1)N1CCN(c2cc(N3CCOCC3)ncn2)CC1. The number of nitrogens with zero attached hydrogens (tertiary/aromatic N) is 5. The molecule has 3 heterocycles. The third-order valence-electron chi connectivity index (χ3n) is 5.18. The summed E-state index contributed by atoms with van der Waals surface area (Å²) in [6.45, 7) is 4.85. The third-order valence-corrected chi connectivity index (χ3v) is 5.18. The van der Waals surface area contributed by atoms with Gasteiger partial charge in [0.05, 0.1) is 13.2 Å². The van der Waals surface area contributed by atoms with E-state index in [0.717, 1.165) is 30.8 Å². The van der Waals surface area contributed by atoms with Crippen molar-refractivity contribution in [3.63, 3.8) is 0 Å². The summed E-state index contributed by atoms with van der Waals surface area (Å²) in [4.78, 5) is 27.3. The number of benzene rings is 1. The number of halogens is 3. The average molecular weight is 437 g/mol. The van der Waals surface area contributed by atoms with Gasteiger partial charge in [-0.15, -0.1) is 13.2 Å². The average Bonchev–Trinajstić information content (AvgIpc) is 2.78. The van der Waals surface area contributed by atoms with E-state index in [-0.39, 0.29) is 11.5 Å². The number of carbonyl (C=O) groups is 1. The molecule has 11 heteroatoms. The Balaban J connectivity index is 1.38. The van der Waals surface area contributed by atoms with Crippen molar-refractivity contribution in [1.82, 2.24) is 14.9 Å². The van der Waals surface area contributed by atoms with Gasteiger partial charge in [-0.25, -0.2) is 9.97 Å². The molecule has 4 rings (SSSR count). The van der Waals surface area contributed by atoms with Gasteiger partial charge in [-0.1, -0.05) is 6.07 Å². The minimum atomic E-state index is -4.80. The largest absolute Gasteiger partial charge is 0.573 e. The van der Waals surface area contributed by atoms with E-state index in [9.17, 15) is 18.0 Å². The second-order valence-corrected chi connectivity index (χ2v) is 7.19. The molecule has 2 aliphatic heterocycles. The van der Waals surface area contributed by atoms with Crippen molar-refractivity contribution in [1.29, 1.82) is 0 Å². The number of hydrogen-bond donors (Lipinski definition) is 0. The lowest BCUT2D eigenvalue weighted by atomic mass is 10.1. The van der Waals surface area contributed by atoms with Crippen LogP contribution in [0.3, 0.4) is 0 Å². The molecule has 0 aliphatic carbocycles. The molecule has 0 bridgehead atoms. The maximum absolute atomic E-state index is 12.7. The number of rotatable bonds is 4. The predicted molar refractivity (Wildman–Crippen MR) is 106 cm³/mol. The normalized spacial score (nSPS) is 17.6. The van der Waals surface area contributed by atoms with Crippen molar-refractivity contribution in [3.05, 3.63) is 42.2 Å². The molecular weight excluding hydrogens is 415 g/mol. The lowest BCUT2D eigenvalue weighted by Crippen LogP contribution is -2.49. The van der Waals surface area contributed by atoms with Gasteiger partial charge in [0, 0.05) is 50.9 Å². The summed E-state index contributed by atoms with van der Waals surface area (Å²) in [7, 11) is 0. The van der Waals surface area contributed by atoms with Gasteiger partial charge >= 0.3 is 6.36 Å². The number of morpholine rings is 1. The lowest BCUT2D eigenvalue weighted by molar-refractivity contribution is -0.274. The van der Waals surface area contributed by atoms with Gasteiger partial charge in [0.2, 0.25) is 0 Å². The molecule has 0 radical (unpaired) electrons. The van der Waals surface area contributed by atoms with Crippen LogP contribution in [-0.4, -0.2) is 79.6 Å². The quantitative estimate of drug-likeness (QED) is 0.726. The van der Waals surface area contributed by atoms with Crippen LogP contribution in [0.25, 0.3) is 0 Å². The first kappa shape index (κ1) is 21.2. The fraction of sp³-hybridized carbons (Fsp3) is 0.450. The highest BCUT2D eigenvalue weighted by Crippen LogP contribution is 2.25. The molecule has 1 aromatic carbocycles. The molecule has 31 heavy (non-hydrogen) atoms. The monoisotopic (exact) mass is 437 g/mol. The number of hydrogen-bond acceptors (Lipinski definition) is 7. The van der Waals surface area contributed by atoms with Gasteiger partial charge in [-0.3, -0.25) is 4.79 Å².